The number of unbranched alkanes of at least 4 members (excludes halogenated alkanes) is 20. The number of nitrogens with one attached hydrogen (secondary N) is 1. The van der Waals surface area contributed by atoms with Crippen LogP contribution in [0.15, 0.2) is 23.8 Å². The molecule has 53 heavy (non-hydrogen) atoms. The maximum atomic E-state index is 13.0. The largest absolute Gasteiger partial charge is 0.394 e. The maximum Gasteiger partial charge on any atom is 0.249 e. The molecule has 7 N–H and O–H groups in total. The number of allylic oxidation sites excluding steroid dienone is 3. The molecule has 0 bridgehead atoms. The molecule has 0 radical (unpaired) electrons. The van der Waals surface area contributed by atoms with E-state index in [0.29, 0.717) is 12.8 Å². The zero-order valence-electron chi connectivity index (χ0n) is 33.9. The van der Waals surface area contributed by atoms with Crippen LogP contribution in [0.4, 0.5) is 0 Å². The average molecular weight is 756 g/mol. The zero-order chi connectivity index (χ0) is 39.1. The van der Waals surface area contributed by atoms with Gasteiger partial charge < -0.3 is 45.4 Å². The van der Waals surface area contributed by atoms with E-state index in [9.17, 15) is 35.4 Å². The van der Waals surface area contributed by atoms with Gasteiger partial charge in [0.2, 0.25) is 5.91 Å². The van der Waals surface area contributed by atoms with Gasteiger partial charge in [-0.05, 0) is 45.4 Å². The number of aliphatic hydroxyl groups is 6. The SMILES string of the molecule is CCCCCCCCCCCCCCCC[C@@H](O)C(=O)N[C@@H](CO[C@@H]1O[C@H](CO)[C@@H](O)[C@H](O)[C@H]1O)[C@@H](O)/C=C/CCC/C=C(\C)CCCCCCCC. The Morgan fingerprint density at radius 3 is 1.79 bits per heavy atom. The van der Waals surface area contributed by atoms with Crippen LogP contribution in [-0.2, 0) is 14.3 Å². The number of carbonyl (C=O) groups is 1. The summed E-state index contributed by atoms with van der Waals surface area (Å²) < 4.78 is 11.1. The predicted molar refractivity (Wildman–Crippen MR) is 213 cm³/mol. The Hall–Kier alpha value is -1.37. The van der Waals surface area contributed by atoms with Crippen molar-refractivity contribution in [3.63, 3.8) is 0 Å². The smallest absolute Gasteiger partial charge is 0.249 e. The van der Waals surface area contributed by atoms with Crippen molar-refractivity contribution in [3.8, 4) is 0 Å². The molecule has 0 spiro atoms. The van der Waals surface area contributed by atoms with Crippen molar-refractivity contribution in [2.75, 3.05) is 13.2 Å². The van der Waals surface area contributed by atoms with Crippen LogP contribution in [0.3, 0.4) is 0 Å². The molecule has 1 aliphatic heterocycles. The number of rotatable bonds is 34. The molecule has 0 aromatic rings. The Bertz CT molecular complexity index is 929. The minimum absolute atomic E-state index is 0.307. The summed E-state index contributed by atoms with van der Waals surface area (Å²) in [6, 6.07) is -0.989. The first-order valence-electron chi connectivity index (χ1n) is 21.6. The summed E-state index contributed by atoms with van der Waals surface area (Å²) in [5.41, 5.74) is 1.41. The third-order valence-corrected chi connectivity index (χ3v) is 10.5. The lowest BCUT2D eigenvalue weighted by Gasteiger charge is -2.40. The molecule has 1 aliphatic rings. The summed E-state index contributed by atoms with van der Waals surface area (Å²) in [5.74, 6) is -0.625. The zero-order valence-corrected chi connectivity index (χ0v) is 33.9. The van der Waals surface area contributed by atoms with E-state index >= 15 is 0 Å². The Kier molecular flexibility index (Phi) is 30.8. The Morgan fingerprint density at radius 2 is 1.25 bits per heavy atom. The molecular formula is C43H81NO9. The van der Waals surface area contributed by atoms with Crippen LogP contribution in [-0.4, -0.2) is 98.7 Å². The first-order chi connectivity index (χ1) is 25.7. The summed E-state index contributed by atoms with van der Waals surface area (Å²) in [6.07, 6.45) is 24.8. The van der Waals surface area contributed by atoms with E-state index in [1.807, 2.05) is 6.08 Å². The summed E-state index contributed by atoms with van der Waals surface area (Å²) in [6.45, 7) is 5.75. The predicted octanol–water partition coefficient (Wildman–Crippen LogP) is 7.30. The van der Waals surface area contributed by atoms with Gasteiger partial charge in [0.1, 0.15) is 30.5 Å². The molecule has 1 fully saturated rings. The number of carbonyl (C=O) groups excluding carboxylic acids is 1. The number of amides is 1. The van der Waals surface area contributed by atoms with Crippen LogP contribution < -0.4 is 5.32 Å². The molecule has 1 saturated heterocycles. The molecule has 0 aromatic heterocycles. The van der Waals surface area contributed by atoms with Gasteiger partial charge in [0.25, 0.3) is 0 Å². The second kappa shape index (κ2) is 32.8. The third kappa shape index (κ3) is 24.0. The summed E-state index contributed by atoms with van der Waals surface area (Å²) in [5, 5.41) is 64.5. The van der Waals surface area contributed by atoms with Gasteiger partial charge in [0.05, 0.1) is 25.4 Å². The van der Waals surface area contributed by atoms with E-state index in [1.54, 1.807) is 6.08 Å². The van der Waals surface area contributed by atoms with Crippen molar-refractivity contribution in [2.24, 2.45) is 0 Å². The van der Waals surface area contributed by atoms with E-state index in [4.69, 9.17) is 9.47 Å². The lowest BCUT2D eigenvalue weighted by atomic mass is 9.99. The minimum atomic E-state index is -1.61. The highest BCUT2D eigenvalue weighted by atomic mass is 16.7. The Morgan fingerprint density at radius 1 is 0.717 bits per heavy atom. The van der Waals surface area contributed by atoms with E-state index < -0.39 is 61.5 Å². The maximum absolute atomic E-state index is 13.0. The molecule has 0 unspecified atom stereocenters. The minimum Gasteiger partial charge on any atom is -0.394 e. The van der Waals surface area contributed by atoms with Gasteiger partial charge in [-0.2, -0.15) is 0 Å². The van der Waals surface area contributed by atoms with Crippen LogP contribution in [0.5, 0.6) is 0 Å². The third-order valence-electron chi connectivity index (χ3n) is 10.5. The molecule has 10 nitrogen and oxygen atoms in total. The molecule has 0 aromatic carbocycles. The highest BCUT2D eigenvalue weighted by Crippen LogP contribution is 2.23. The fourth-order valence-corrected chi connectivity index (χ4v) is 6.81. The van der Waals surface area contributed by atoms with Crippen molar-refractivity contribution < 1.29 is 44.9 Å². The van der Waals surface area contributed by atoms with Crippen LogP contribution in [0.25, 0.3) is 0 Å². The monoisotopic (exact) mass is 756 g/mol. The van der Waals surface area contributed by atoms with Crippen molar-refractivity contribution in [1.29, 1.82) is 0 Å². The molecule has 10 heteroatoms. The number of ether oxygens (including phenoxy) is 2. The normalized spacial score (nSPS) is 22.7. The fourth-order valence-electron chi connectivity index (χ4n) is 6.81. The van der Waals surface area contributed by atoms with Crippen LogP contribution in [0.2, 0.25) is 0 Å². The molecule has 1 amide bonds. The second-order valence-electron chi connectivity index (χ2n) is 15.5. The van der Waals surface area contributed by atoms with E-state index in [1.165, 1.54) is 108 Å². The van der Waals surface area contributed by atoms with Gasteiger partial charge in [-0.15, -0.1) is 0 Å². The van der Waals surface area contributed by atoms with Gasteiger partial charge in [-0.25, -0.2) is 0 Å². The highest BCUT2D eigenvalue weighted by molar-refractivity contribution is 5.80. The highest BCUT2D eigenvalue weighted by Gasteiger charge is 2.44. The van der Waals surface area contributed by atoms with Gasteiger partial charge in [0.15, 0.2) is 6.29 Å². The van der Waals surface area contributed by atoms with Crippen molar-refractivity contribution >= 4 is 5.91 Å². The number of hydrogen-bond acceptors (Lipinski definition) is 9. The molecule has 0 saturated carbocycles. The van der Waals surface area contributed by atoms with Gasteiger partial charge in [0, 0.05) is 0 Å². The van der Waals surface area contributed by atoms with E-state index in [-0.39, 0.29) is 6.61 Å². The standard InChI is InChI=1S/C43H81NO9/c1-4-6-8-10-12-13-14-15-16-17-18-19-21-27-31-37(47)42(51)44-35(33-52-43-41(50)40(49)39(48)38(32-45)53-43)36(46)30-26-23-22-25-29-34(3)28-24-20-11-9-7-5-2/h26,29-30,35-41,43,45-50H,4-25,27-28,31-33H2,1-3H3,(H,44,51)/b30-26+,34-29+/t35-,36-,37+,38+,39+,40-,41+,43+/m0/s1. The van der Waals surface area contributed by atoms with Crippen molar-refractivity contribution in [1.82, 2.24) is 5.32 Å². The van der Waals surface area contributed by atoms with Gasteiger partial charge in [-0.3, -0.25) is 4.79 Å². The summed E-state index contributed by atoms with van der Waals surface area (Å²) >= 11 is 0. The molecule has 312 valence electrons. The molecule has 0 aliphatic carbocycles. The van der Waals surface area contributed by atoms with E-state index in [0.717, 1.165) is 44.9 Å². The molecule has 1 rings (SSSR count). The van der Waals surface area contributed by atoms with Crippen LogP contribution in [0.1, 0.15) is 181 Å². The average Bonchev–Trinajstić information content (AvgIpc) is 3.15. The van der Waals surface area contributed by atoms with Gasteiger partial charge in [-0.1, -0.05) is 160 Å². The Balaban J connectivity index is 2.53. The number of aliphatic hydroxyl groups excluding tert-OH is 6. The quantitative estimate of drug-likeness (QED) is 0.0263. The van der Waals surface area contributed by atoms with Crippen molar-refractivity contribution in [3.05, 3.63) is 23.8 Å². The molecule has 8 atom stereocenters. The second-order valence-corrected chi connectivity index (χ2v) is 15.5. The number of hydrogen-bond donors (Lipinski definition) is 7. The molecular weight excluding hydrogens is 674 g/mol. The Labute approximate surface area is 322 Å². The molecule has 1 heterocycles. The van der Waals surface area contributed by atoms with Crippen LogP contribution >= 0.6 is 0 Å². The van der Waals surface area contributed by atoms with Gasteiger partial charge >= 0.3 is 0 Å². The first-order valence-corrected chi connectivity index (χ1v) is 21.6. The summed E-state index contributed by atoms with van der Waals surface area (Å²) in [7, 11) is 0. The topological polar surface area (TPSA) is 169 Å². The summed E-state index contributed by atoms with van der Waals surface area (Å²) in [4.78, 5) is 13.0. The van der Waals surface area contributed by atoms with E-state index in [2.05, 4.69) is 32.2 Å². The fraction of sp³-hybridized carbons (Fsp3) is 0.884. The lowest BCUT2D eigenvalue weighted by Crippen LogP contribution is -2.60. The lowest BCUT2D eigenvalue weighted by molar-refractivity contribution is -0.302. The van der Waals surface area contributed by atoms with Crippen LogP contribution in [0, 0.1) is 0 Å². The first kappa shape index (κ1) is 49.6. The van der Waals surface area contributed by atoms with Crippen molar-refractivity contribution in [2.45, 2.75) is 230 Å².